The third kappa shape index (κ3) is 3.00. The number of nitrogens with one attached hydrogen (secondary N) is 2. The van der Waals surface area contributed by atoms with Crippen molar-refractivity contribution >= 4 is 34.5 Å². The molecule has 2 fully saturated rings. The molecule has 4 rings (SSSR count). The molecule has 1 aromatic heterocycles. The Morgan fingerprint density at radius 2 is 2.04 bits per heavy atom. The normalized spacial score (nSPS) is 29.3. The first-order valence-electron chi connectivity index (χ1n) is 8.67. The summed E-state index contributed by atoms with van der Waals surface area (Å²) in [5.74, 6) is 1.95. The second-order valence-corrected chi connectivity index (χ2v) is 8.53. The van der Waals surface area contributed by atoms with Gasteiger partial charge in [0.1, 0.15) is 0 Å². The molecule has 3 aliphatic rings. The highest BCUT2D eigenvalue weighted by atomic mass is 127. The van der Waals surface area contributed by atoms with Gasteiger partial charge in [-0.2, -0.15) is 10.1 Å². The van der Waals surface area contributed by atoms with Crippen LogP contribution in [0.25, 0.3) is 0 Å². The maximum atomic E-state index is 6.11. The molecule has 0 spiro atoms. The number of nitrogens with two attached hydrogens (primary N) is 1. The number of nitrogens with zero attached hydrogens (tertiary/aromatic N) is 4. The molecule has 3 atom stereocenters. The molecule has 1 aromatic rings. The van der Waals surface area contributed by atoms with Crippen LogP contribution in [0.1, 0.15) is 39.5 Å². The van der Waals surface area contributed by atoms with E-state index in [9.17, 15) is 0 Å². The lowest BCUT2D eigenvalue weighted by Crippen LogP contribution is -2.61. The Kier molecular flexibility index (Phi) is 3.97. The maximum Gasteiger partial charge on any atom is 0.235 e. The average molecular weight is 441 g/mol. The molecule has 1 aliphatic heterocycles. The van der Waals surface area contributed by atoms with Gasteiger partial charge in [-0.3, -0.25) is 0 Å². The number of hydrogen-bond acceptors (Lipinski definition) is 6. The van der Waals surface area contributed by atoms with E-state index in [1.165, 1.54) is 25.7 Å². The van der Waals surface area contributed by atoms with Crippen molar-refractivity contribution in [3.63, 3.8) is 0 Å². The average Bonchev–Trinajstić information content (AvgIpc) is 3.44. The van der Waals surface area contributed by atoms with Crippen LogP contribution >= 0.6 is 22.6 Å². The van der Waals surface area contributed by atoms with Crippen molar-refractivity contribution in [2.45, 2.75) is 51.4 Å². The molecule has 7 nitrogen and oxygen atoms in total. The van der Waals surface area contributed by atoms with Gasteiger partial charge in [-0.05, 0) is 67.0 Å². The molecule has 4 N–H and O–H groups in total. The minimum Gasteiger partial charge on any atom is -0.368 e. The van der Waals surface area contributed by atoms with Gasteiger partial charge in [0.2, 0.25) is 17.7 Å². The lowest BCUT2D eigenvalue weighted by Gasteiger charge is -2.40. The third-order valence-corrected chi connectivity index (χ3v) is 5.93. The Balaban J connectivity index is 1.66. The smallest absolute Gasteiger partial charge is 0.235 e. The zero-order valence-corrected chi connectivity index (χ0v) is 16.2. The summed E-state index contributed by atoms with van der Waals surface area (Å²) in [5.41, 5.74) is 6.11. The fourth-order valence-electron chi connectivity index (χ4n) is 3.49. The maximum absolute atomic E-state index is 6.11. The molecule has 2 aliphatic carbocycles. The van der Waals surface area contributed by atoms with Crippen molar-refractivity contribution in [2.75, 3.05) is 0 Å². The van der Waals surface area contributed by atoms with Crippen LogP contribution in [0.5, 0.6) is 0 Å². The van der Waals surface area contributed by atoms with Gasteiger partial charge in [0.05, 0.1) is 9.77 Å². The molecule has 1 unspecified atom stereocenters. The van der Waals surface area contributed by atoms with E-state index in [1.807, 2.05) is 17.1 Å². The molecule has 0 aromatic carbocycles. The number of guanidine groups is 2. The van der Waals surface area contributed by atoms with Crippen LogP contribution in [0, 0.1) is 21.3 Å². The predicted octanol–water partition coefficient (Wildman–Crippen LogP) is 1.81. The second kappa shape index (κ2) is 5.89. The number of hydrogen-bond donors (Lipinski definition) is 3. The summed E-state index contributed by atoms with van der Waals surface area (Å²) in [7, 11) is 0. The molecular formula is C16H24IN7. The van der Waals surface area contributed by atoms with Crippen LogP contribution in [-0.4, -0.2) is 27.7 Å². The summed E-state index contributed by atoms with van der Waals surface area (Å²) in [6.07, 6.45) is 8.89. The predicted molar refractivity (Wildman–Crippen MR) is 102 cm³/mol. The Morgan fingerprint density at radius 3 is 2.62 bits per heavy atom. The van der Waals surface area contributed by atoms with Gasteiger partial charge in [0.25, 0.3) is 0 Å². The highest BCUT2D eigenvalue weighted by Gasteiger charge is 2.49. The number of rotatable bonds is 5. The molecular weight excluding hydrogens is 417 g/mol. The summed E-state index contributed by atoms with van der Waals surface area (Å²) in [4.78, 5) is 9.13. The van der Waals surface area contributed by atoms with Gasteiger partial charge >= 0.3 is 0 Å². The van der Waals surface area contributed by atoms with Crippen molar-refractivity contribution in [3.8, 4) is 0 Å². The molecule has 24 heavy (non-hydrogen) atoms. The quantitative estimate of drug-likeness (QED) is 0.608. The molecule has 0 amide bonds. The van der Waals surface area contributed by atoms with Gasteiger partial charge in [-0.1, -0.05) is 6.92 Å². The molecule has 0 bridgehead atoms. The summed E-state index contributed by atoms with van der Waals surface area (Å²) in [6.45, 7) is 4.43. The Bertz CT molecular complexity index is 688. The van der Waals surface area contributed by atoms with Gasteiger partial charge in [0, 0.05) is 18.2 Å². The lowest BCUT2D eigenvalue weighted by atomic mass is 9.96. The summed E-state index contributed by atoms with van der Waals surface area (Å²) in [6, 6.07) is 0.383. The van der Waals surface area contributed by atoms with Crippen molar-refractivity contribution in [1.82, 2.24) is 20.4 Å². The molecule has 0 saturated heterocycles. The fourth-order valence-corrected chi connectivity index (χ4v) is 3.88. The van der Waals surface area contributed by atoms with Crippen LogP contribution in [0.4, 0.5) is 0 Å². The third-order valence-electron chi connectivity index (χ3n) is 5.37. The number of aromatic nitrogens is 2. The van der Waals surface area contributed by atoms with E-state index < -0.39 is 5.79 Å². The van der Waals surface area contributed by atoms with Crippen LogP contribution in [-0.2, 0) is 5.79 Å². The fraction of sp³-hybridized carbons (Fsp3) is 0.688. The van der Waals surface area contributed by atoms with Gasteiger partial charge < -0.3 is 16.4 Å². The molecule has 2 saturated carbocycles. The monoisotopic (exact) mass is 441 g/mol. The highest BCUT2D eigenvalue weighted by molar-refractivity contribution is 14.1. The van der Waals surface area contributed by atoms with Crippen LogP contribution in [0.3, 0.4) is 0 Å². The Hall–Kier alpha value is -1.32. The van der Waals surface area contributed by atoms with E-state index in [4.69, 9.17) is 10.7 Å². The standard InChI is InChI=1S/C16H24IN7/c1-9(11-3-4-11)16(24-8-13(17)7-19-24)22-14(18)21-15(23-16)20-10(2)12-5-6-12/h7-12H,3-6H2,1-2H3,(H4,18,20,21,22,23)/t9-,10-,16?/m1/s1. The Labute approximate surface area is 155 Å². The first-order chi connectivity index (χ1) is 11.5. The second-order valence-electron chi connectivity index (χ2n) is 7.28. The van der Waals surface area contributed by atoms with E-state index in [1.54, 1.807) is 0 Å². The van der Waals surface area contributed by atoms with E-state index in [-0.39, 0.29) is 5.92 Å². The van der Waals surface area contributed by atoms with E-state index in [2.05, 4.69) is 57.2 Å². The summed E-state index contributed by atoms with van der Waals surface area (Å²) >= 11 is 2.27. The summed E-state index contributed by atoms with van der Waals surface area (Å²) < 4.78 is 2.98. The zero-order chi connectivity index (χ0) is 16.9. The van der Waals surface area contributed by atoms with Crippen molar-refractivity contribution < 1.29 is 0 Å². The van der Waals surface area contributed by atoms with E-state index in [0.717, 1.165) is 9.49 Å². The van der Waals surface area contributed by atoms with Gasteiger partial charge in [-0.25, -0.2) is 9.67 Å². The number of aliphatic imine (C=N–C) groups is 2. The van der Waals surface area contributed by atoms with Gasteiger partial charge in [0.15, 0.2) is 0 Å². The SMILES string of the molecule is C[C@H](C1CC1)C1(n2cc(I)cn2)N=C(N)N=C(N[C@H](C)C2CC2)N1. The van der Waals surface area contributed by atoms with Crippen molar-refractivity contribution in [2.24, 2.45) is 33.5 Å². The molecule has 0 radical (unpaired) electrons. The zero-order valence-electron chi connectivity index (χ0n) is 14.0. The molecule has 130 valence electrons. The Morgan fingerprint density at radius 1 is 1.33 bits per heavy atom. The number of halogens is 1. The summed E-state index contributed by atoms with van der Waals surface area (Å²) in [5, 5.41) is 11.6. The van der Waals surface area contributed by atoms with E-state index >= 15 is 0 Å². The molecule has 2 heterocycles. The first-order valence-corrected chi connectivity index (χ1v) is 9.75. The molecule has 8 heteroatoms. The highest BCUT2D eigenvalue weighted by Crippen LogP contribution is 2.44. The van der Waals surface area contributed by atoms with Crippen molar-refractivity contribution in [1.29, 1.82) is 0 Å². The largest absolute Gasteiger partial charge is 0.368 e. The minimum absolute atomic E-state index is 0.273. The van der Waals surface area contributed by atoms with Gasteiger partial charge in [-0.15, -0.1) is 0 Å². The minimum atomic E-state index is -0.706. The van der Waals surface area contributed by atoms with E-state index in [0.29, 0.717) is 23.9 Å². The van der Waals surface area contributed by atoms with Crippen LogP contribution in [0.2, 0.25) is 0 Å². The first kappa shape index (κ1) is 16.2. The lowest BCUT2D eigenvalue weighted by molar-refractivity contribution is 0.126. The van der Waals surface area contributed by atoms with Crippen LogP contribution in [0.15, 0.2) is 22.4 Å². The topological polar surface area (TPSA) is 92.6 Å². The van der Waals surface area contributed by atoms with Crippen LogP contribution < -0.4 is 16.4 Å². The van der Waals surface area contributed by atoms with Crippen molar-refractivity contribution in [3.05, 3.63) is 16.0 Å².